The Labute approximate surface area is 124 Å². The Hall–Kier alpha value is -0.280. The summed E-state index contributed by atoms with van der Waals surface area (Å²) in [6.45, 7) is 2.99. The summed E-state index contributed by atoms with van der Waals surface area (Å²) in [6.07, 6.45) is 4.06. The molecule has 1 aromatic carbocycles. The van der Waals surface area contributed by atoms with Crippen LogP contribution in [0.4, 0.5) is 0 Å². The zero-order valence-electron chi connectivity index (χ0n) is 11.1. The number of hydrogen-bond acceptors (Lipinski definition) is 2. The summed E-state index contributed by atoms with van der Waals surface area (Å²) in [5, 5.41) is 11.9. The molecule has 2 fully saturated rings. The number of nitrogens with zero attached hydrogens (tertiary/aromatic N) is 1. The molecule has 2 aliphatic rings. The fourth-order valence-corrected chi connectivity index (χ4v) is 3.60. The molecule has 1 saturated heterocycles. The second-order valence-corrected chi connectivity index (χ2v) is 6.92. The van der Waals surface area contributed by atoms with E-state index in [1.165, 1.54) is 12.8 Å². The molecule has 0 radical (unpaired) electrons. The summed E-state index contributed by atoms with van der Waals surface area (Å²) in [4.78, 5) is 2.46. The lowest BCUT2D eigenvalue weighted by Crippen LogP contribution is -2.36. The van der Waals surface area contributed by atoms with E-state index in [0.717, 1.165) is 18.5 Å². The van der Waals surface area contributed by atoms with Gasteiger partial charge in [-0.15, -0.1) is 0 Å². The van der Waals surface area contributed by atoms with Crippen molar-refractivity contribution in [2.75, 3.05) is 6.54 Å². The van der Waals surface area contributed by atoms with E-state index in [2.05, 4.69) is 11.8 Å². The largest absolute Gasteiger partial charge is 0.388 e. The van der Waals surface area contributed by atoms with Gasteiger partial charge in [-0.25, -0.2) is 0 Å². The Kier molecular flexibility index (Phi) is 3.55. The van der Waals surface area contributed by atoms with Crippen LogP contribution in [0.2, 0.25) is 10.0 Å². The van der Waals surface area contributed by atoms with Gasteiger partial charge in [0.25, 0.3) is 0 Å². The molecule has 2 atom stereocenters. The van der Waals surface area contributed by atoms with E-state index in [1.54, 1.807) is 6.07 Å². The molecule has 1 aliphatic carbocycles. The second-order valence-electron chi connectivity index (χ2n) is 6.11. The summed E-state index contributed by atoms with van der Waals surface area (Å²) >= 11 is 12.0. The van der Waals surface area contributed by atoms with Crippen LogP contribution in [0.5, 0.6) is 0 Å². The minimum Gasteiger partial charge on any atom is -0.388 e. The van der Waals surface area contributed by atoms with Gasteiger partial charge in [0.2, 0.25) is 0 Å². The predicted molar refractivity (Wildman–Crippen MR) is 78.9 cm³/mol. The summed E-state index contributed by atoms with van der Waals surface area (Å²) in [6, 6.07) is 6.81. The van der Waals surface area contributed by atoms with E-state index in [1.807, 2.05) is 12.1 Å². The Morgan fingerprint density at radius 2 is 2.05 bits per heavy atom. The van der Waals surface area contributed by atoms with Crippen molar-refractivity contribution in [1.82, 2.24) is 4.90 Å². The average Bonchev–Trinajstić information content (AvgIpc) is 3.11. The van der Waals surface area contributed by atoms with Crippen LogP contribution in [-0.2, 0) is 6.42 Å². The summed E-state index contributed by atoms with van der Waals surface area (Å²) in [5.74, 6) is 0. The van der Waals surface area contributed by atoms with Gasteiger partial charge in [-0.05, 0) is 43.9 Å². The third-order valence-electron chi connectivity index (χ3n) is 4.25. The highest BCUT2D eigenvalue weighted by Crippen LogP contribution is 2.38. The molecule has 4 heteroatoms. The predicted octanol–water partition coefficient (Wildman–Crippen LogP) is 3.52. The number of aliphatic hydroxyl groups is 1. The number of halogens is 2. The number of rotatable bonds is 3. The second kappa shape index (κ2) is 4.92. The summed E-state index contributed by atoms with van der Waals surface area (Å²) in [5.41, 5.74) is 0.431. The highest BCUT2D eigenvalue weighted by molar-refractivity contribution is 6.42. The van der Waals surface area contributed by atoms with Crippen LogP contribution in [0.15, 0.2) is 18.2 Å². The first-order valence-electron chi connectivity index (χ1n) is 6.89. The summed E-state index contributed by atoms with van der Waals surface area (Å²) in [7, 11) is 0. The van der Waals surface area contributed by atoms with Gasteiger partial charge in [0, 0.05) is 25.0 Å². The number of hydrogen-bond donors (Lipinski definition) is 1. The molecule has 0 amide bonds. The molecule has 3 rings (SSSR count). The van der Waals surface area contributed by atoms with Crippen LogP contribution in [0.1, 0.15) is 31.7 Å². The van der Waals surface area contributed by atoms with E-state index in [9.17, 15) is 5.11 Å². The number of likely N-dealkylation sites (tertiary alicyclic amines) is 1. The van der Waals surface area contributed by atoms with Crippen LogP contribution in [0.25, 0.3) is 0 Å². The van der Waals surface area contributed by atoms with Gasteiger partial charge in [0.1, 0.15) is 0 Å². The molecule has 1 heterocycles. The van der Waals surface area contributed by atoms with Crippen molar-refractivity contribution in [2.45, 2.75) is 50.3 Å². The van der Waals surface area contributed by atoms with Crippen molar-refractivity contribution in [3.05, 3.63) is 33.8 Å². The Bertz CT molecular complexity index is 489. The normalized spacial score (nSPS) is 31.9. The fourth-order valence-electron chi connectivity index (χ4n) is 3.28. The van der Waals surface area contributed by atoms with Gasteiger partial charge < -0.3 is 5.11 Å². The molecule has 0 aromatic heterocycles. The first kappa shape index (κ1) is 13.7. The lowest BCUT2D eigenvalue weighted by Gasteiger charge is -2.24. The lowest BCUT2D eigenvalue weighted by atomic mass is 9.92. The Morgan fingerprint density at radius 3 is 2.68 bits per heavy atom. The van der Waals surface area contributed by atoms with Gasteiger partial charge in [-0.3, -0.25) is 4.90 Å². The van der Waals surface area contributed by atoms with E-state index in [-0.39, 0.29) is 0 Å². The maximum Gasteiger partial charge on any atom is 0.0829 e. The smallest absolute Gasteiger partial charge is 0.0829 e. The third-order valence-corrected chi connectivity index (χ3v) is 4.99. The van der Waals surface area contributed by atoms with Crippen LogP contribution in [0, 0.1) is 0 Å². The molecule has 2 unspecified atom stereocenters. The van der Waals surface area contributed by atoms with Crippen molar-refractivity contribution >= 4 is 23.2 Å². The summed E-state index contributed by atoms with van der Waals surface area (Å²) < 4.78 is 0. The molecule has 0 spiro atoms. The minimum atomic E-state index is -0.626. The minimum absolute atomic E-state index is 0.472. The fraction of sp³-hybridized carbons (Fsp3) is 0.600. The van der Waals surface area contributed by atoms with Crippen molar-refractivity contribution < 1.29 is 5.11 Å². The molecule has 1 saturated carbocycles. The van der Waals surface area contributed by atoms with Crippen LogP contribution < -0.4 is 0 Å². The first-order chi connectivity index (χ1) is 8.97. The standard InChI is InChI=1S/C15H19Cl2NO/c1-10-7-15(19,9-18(10)12-3-4-12)8-11-2-5-13(16)14(17)6-11/h2,5-6,10,12,19H,3-4,7-9H2,1H3. The zero-order valence-corrected chi connectivity index (χ0v) is 12.6. The lowest BCUT2D eigenvalue weighted by molar-refractivity contribution is 0.0487. The van der Waals surface area contributed by atoms with E-state index in [0.29, 0.717) is 28.5 Å². The molecule has 1 N–H and O–H groups in total. The van der Waals surface area contributed by atoms with Gasteiger partial charge in [-0.1, -0.05) is 29.3 Å². The van der Waals surface area contributed by atoms with Crippen LogP contribution in [-0.4, -0.2) is 34.2 Å². The molecular weight excluding hydrogens is 281 g/mol. The molecule has 0 bridgehead atoms. The SMILES string of the molecule is CC1CC(O)(Cc2ccc(Cl)c(Cl)c2)CN1C1CC1. The van der Waals surface area contributed by atoms with Gasteiger partial charge in [0.05, 0.1) is 15.6 Å². The molecule has 19 heavy (non-hydrogen) atoms. The topological polar surface area (TPSA) is 23.5 Å². The van der Waals surface area contributed by atoms with Crippen molar-refractivity contribution in [2.24, 2.45) is 0 Å². The Balaban J connectivity index is 1.73. The molecule has 104 valence electrons. The van der Waals surface area contributed by atoms with E-state index < -0.39 is 5.60 Å². The monoisotopic (exact) mass is 299 g/mol. The van der Waals surface area contributed by atoms with Crippen molar-refractivity contribution in [3.63, 3.8) is 0 Å². The third kappa shape index (κ3) is 2.92. The maximum absolute atomic E-state index is 10.8. The molecule has 1 aliphatic heterocycles. The highest BCUT2D eigenvalue weighted by atomic mass is 35.5. The molecular formula is C15H19Cl2NO. The van der Waals surface area contributed by atoms with Crippen LogP contribution in [0.3, 0.4) is 0 Å². The van der Waals surface area contributed by atoms with Gasteiger partial charge >= 0.3 is 0 Å². The first-order valence-corrected chi connectivity index (χ1v) is 7.64. The molecule has 2 nitrogen and oxygen atoms in total. The van der Waals surface area contributed by atoms with Crippen molar-refractivity contribution in [1.29, 1.82) is 0 Å². The van der Waals surface area contributed by atoms with Crippen LogP contribution >= 0.6 is 23.2 Å². The highest BCUT2D eigenvalue weighted by Gasteiger charge is 2.45. The zero-order chi connectivity index (χ0) is 13.6. The van der Waals surface area contributed by atoms with E-state index in [4.69, 9.17) is 23.2 Å². The number of β-amino-alcohol motifs (C(OH)–C–C–N with tert-alkyl or cyclic N) is 1. The number of benzene rings is 1. The van der Waals surface area contributed by atoms with E-state index >= 15 is 0 Å². The van der Waals surface area contributed by atoms with Gasteiger partial charge in [0.15, 0.2) is 0 Å². The maximum atomic E-state index is 10.8. The van der Waals surface area contributed by atoms with Gasteiger partial charge in [-0.2, -0.15) is 0 Å². The quantitative estimate of drug-likeness (QED) is 0.923. The average molecular weight is 300 g/mol. The Morgan fingerprint density at radius 1 is 1.32 bits per heavy atom. The molecule has 1 aromatic rings. The van der Waals surface area contributed by atoms with Crippen molar-refractivity contribution in [3.8, 4) is 0 Å².